The number of fused-ring (bicyclic) bond motifs is 1. The molecule has 1 atom stereocenters. The van der Waals surface area contributed by atoms with Gasteiger partial charge in [0, 0.05) is 11.1 Å². The highest BCUT2D eigenvalue weighted by Gasteiger charge is 2.37. The first-order chi connectivity index (χ1) is 10.6. The second kappa shape index (κ2) is 6.61. The molecule has 2 rings (SSSR count). The van der Waals surface area contributed by atoms with Gasteiger partial charge in [-0.25, -0.2) is 4.98 Å². The zero-order chi connectivity index (χ0) is 17.3. The van der Waals surface area contributed by atoms with Gasteiger partial charge in [-0.1, -0.05) is 39.0 Å². The average Bonchev–Trinajstić information content (AvgIpc) is 2.45. The number of aromatic nitrogens is 1. The molecule has 0 amide bonds. The largest absolute Gasteiger partial charge is 0.486 e. The molecule has 23 heavy (non-hydrogen) atoms. The van der Waals surface area contributed by atoms with Crippen LogP contribution < -0.4 is 4.74 Å². The van der Waals surface area contributed by atoms with Crippen LogP contribution in [-0.4, -0.2) is 26.0 Å². The maximum Gasteiger partial charge on any atom is 0.192 e. The zero-order valence-electron chi connectivity index (χ0n) is 15.4. The molecular weight excluding hydrogens is 302 g/mol. The van der Waals surface area contributed by atoms with Crippen molar-refractivity contribution < 1.29 is 9.16 Å². The van der Waals surface area contributed by atoms with Crippen molar-refractivity contribution in [3.8, 4) is 5.75 Å². The number of aryl methyl sites for hydroxylation is 1. The molecule has 1 aromatic carbocycles. The molecule has 0 saturated heterocycles. The lowest BCUT2D eigenvalue weighted by molar-refractivity contribution is 0.135. The zero-order valence-corrected chi connectivity index (χ0v) is 16.4. The Kier molecular flexibility index (Phi) is 5.16. The third-order valence-electron chi connectivity index (χ3n) is 4.64. The molecule has 0 aliphatic rings. The Hall–Kier alpha value is -1.39. The van der Waals surface area contributed by atoms with Crippen LogP contribution in [0.2, 0.25) is 18.1 Å². The van der Waals surface area contributed by atoms with Gasteiger partial charge in [0.15, 0.2) is 8.32 Å². The van der Waals surface area contributed by atoms with Gasteiger partial charge >= 0.3 is 0 Å². The summed E-state index contributed by atoms with van der Waals surface area (Å²) in [5, 5.41) is 1.32. The Labute approximate surface area is 141 Å². The number of pyridine rings is 1. The van der Waals surface area contributed by atoms with E-state index >= 15 is 0 Å². The fourth-order valence-electron chi connectivity index (χ4n) is 2.11. The lowest BCUT2D eigenvalue weighted by Gasteiger charge is -2.36. The number of benzene rings is 1. The molecule has 0 aliphatic heterocycles. The quantitative estimate of drug-likeness (QED) is 0.694. The SMILES string of the molecule is Cc1ccc2cccc(O[C@H](C)CO[Si](C)(C)C(C)(C)C)c2n1. The Morgan fingerprint density at radius 1 is 1.13 bits per heavy atom. The summed E-state index contributed by atoms with van der Waals surface area (Å²) in [4.78, 5) is 4.62. The van der Waals surface area contributed by atoms with Crippen molar-refractivity contribution in [3.63, 3.8) is 0 Å². The van der Waals surface area contributed by atoms with Crippen LogP contribution in [-0.2, 0) is 4.43 Å². The van der Waals surface area contributed by atoms with E-state index in [1.807, 2.05) is 25.1 Å². The first-order valence-electron chi connectivity index (χ1n) is 8.27. The number of nitrogens with zero attached hydrogens (tertiary/aromatic N) is 1. The summed E-state index contributed by atoms with van der Waals surface area (Å²) < 4.78 is 12.4. The van der Waals surface area contributed by atoms with Crippen LogP contribution in [0.5, 0.6) is 5.75 Å². The molecule has 126 valence electrons. The second-order valence-electron chi connectivity index (χ2n) is 7.78. The topological polar surface area (TPSA) is 31.4 Å². The van der Waals surface area contributed by atoms with Crippen molar-refractivity contribution in [1.29, 1.82) is 0 Å². The molecule has 0 bridgehead atoms. The first-order valence-corrected chi connectivity index (χ1v) is 11.2. The van der Waals surface area contributed by atoms with Crippen LogP contribution in [0.25, 0.3) is 10.9 Å². The fraction of sp³-hybridized carbons (Fsp3) is 0.526. The number of ether oxygens (including phenoxy) is 1. The van der Waals surface area contributed by atoms with Crippen molar-refractivity contribution >= 4 is 19.2 Å². The Balaban J connectivity index is 2.09. The molecule has 0 radical (unpaired) electrons. The summed E-state index contributed by atoms with van der Waals surface area (Å²) in [6.07, 6.45) is -0.00274. The molecule has 2 aromatic rings. The highest BCUT2D eigenvalue weighted by molar-refractivity contribution is 6.74. The molecule has 0 unspecified atom stereocenters. The van der Waals surface area contributed by atoms with Gasteiger partial charge in [0.05, 0.1) is 6.61 Å². The monoisotopic (exact) mass is 331 g/mol. The summed E-state index contributed by atoms with van der Waals surface area (Å²) in [5.74, 6) is 0.831. The van der Waals surface area contributed by atoms with Crippen molar-refractivity contribution in [2.75, 3.05) is 6.61 Å². The van der Waals surface area contributed by atoms with Crippen molar-refractivity contribution in [2.24, 2.45) is 0 Å². The summed E-state index contributed by atoms with van der Waals surface area (Å²) in [6.45, 7) is 16.0. The molecule has 1 heterocycles. The number of hydrogen-bond acceptors (Lipinski definition) is 3. The Bertz CT molecular complexity index is 677. The van der Waals surface area contributed by atoms with Gasteiger partial charge in [-0.05, 0) is 44.1 Å². The number of hydrogen-bond donors (Lipinski definition) is 0. The van der Waals surface area contributed by atoms with Gasteiger partial charge in [-0.15, -0.1) is 0 Å². The summed E-state index contributed by atoms with van der Waals surface area (Å²) in [6, 6.07) is 10.2. The van der Waals surface area contributed by atoms with Gasteiger partial charge < -0.3 is 9.16 Å². The lowest BCUT2D eigenvalue weighted by Crippen LogP contribution is -2.43. The predicted molar refractivity (Wildman–Crippen MR) is 99.7 cm³/mol. The third kappa shape index (κ3) is 4.33. The predicted octanol–water partition coefficient (Wildman–Crippen LogP) is 5.33. The molecule has 0 N–H and O–H groups in total. The average molecular weight is 332 g/mol. The molecule has 4 heteroatoms. The molecule has 0 aliphatic carbocycles. The minimum atomic E-state index is -1.74. The molecule has 3 nitrogen and oxygen atoms in total. The van der Waals surface area contributed by atoms with E-state index in [4.69, 9.17) is 9.16 Å². The van der Waals surface area contributed by atoms with Crippen LogP contribution in [0, 0.1) is 6.92 Å². The molecule has 0 fully saturated rings. The van der Waals surface area contributed by atoms with E-state index in [-0.39, 0.29) is 11.1 Å². The summed E-state index contributed by atoms with van der Waals surface area (Å²) in [7, 11) is -1.74. The standard InChI is InChI=1S/C19H29NO2Si/c1-14-11-12-16-9-8-10-17(18(16)20-14)22-15(2)13-21-23(6,7)19(3,4)5/h8-12,15H,13H2,1-7H3/t15-/m1/s1. The smallest absolute Gasteiger partial charge is 0.192 e. The van der Waals surface area contributed by atoms with E-state index in [0.717, 1.165) is 22.3 Å². The Morgan fingerprint density at radius 2 is 1.83 bits per heavy atom. The van der Waals surface area contributed by atoms with Gasteiger partial charge in [0.2, 0.25) is 0 Å². The van der Waals surface area contributed by atoms with Gasteiger partial charge in [-0.3, -0.25) is 0 Å². The van der Waals surface area contributed by atoms with Gasteiger partial charge in [0.1, 0.15) is 17.4 Å². The van der Waals surface area contributed by atoms with Gasteiger partial charge in [-0.2, -0.15) is 0 Å². The number of rotatable bonds is 5. The van der Waals surface area contributed by atoms with E-state index in [2.05, 4.69) is 57.9 Å². The van der Waals surface area contributed by atoms with Crippen LogP contribution >= 0.6 is 0 Å². The van der Waals surface area contributed by atoms with Crippen LogP contribution in [0.4, 0.5) is 0 Å². The fourth-order valence-corrected chi connectivity index (χ4v) is 3.19. The first kappa shape index (κ1) is 18.0. The van der Waals surface area contributed by atoms with Crippen LogP contribution in [0.15, 0.2) is 30.3 Å². The molecule has 0 spiro atoms. The van der Waals surface area contributed by atoms with E-state index in [1.54, 1.807) is 0 Å². The Morgan fingerprint density at radius 3 is 2.48 bits per heavy atom. The van der Waals surface area contributed by atoms with E-state index in [9.17, 15) is 0 Å². The summed E-state index contributed by atoms with van der Waals surface area (Å²) in [5.41, 5.74) is 1.92. The maximum absolute atomic E-state index is 6.26. The highest BCUT2D eigenvalue weighted by atomic mass is 28.4. The minimum Gasteiger partial charge on any atom is -0.486 e. The van der Waals surface area contributed by atoms with Crippen LogP contribution in [0.1, 0.15) is 33.4 Å². The maximum atomic E-state index is 6.26. The number of para-hydroxylation sites is 1. The third-order valence-corrected chi connectivity index (χ3v) is 9.14. The van der Waals surface area contributed by atoms with Crippen molar-refractivity contribution in [3.05, 3.63) is 36.0 Å². The van der Waals surface area contributed by atoms with Crippen molar-refractivity contribution in [1.82, 2.24) is 4.98 Å². The van der Waals surface area contributed by atoms with Crippen molar-refractivity contribution in [2.45, 2.75) is 58.9 Å². The lowest BCUT2D eigenvalue weighted by atomic mass is 10.2. The minimum absolute atomic E-state index is 0.00274. The normalized spacial score (nSPS) is 14.0. The van der Waals surface area contributed by atoms with Crippen LogP contribution in [0.3, 0.4) is 0 Å². The van der Waals surface area contributed by atoms with E-state index < -0.39 is 8.32 Å². The second-order valence-corrected chi connectivity index (χ2v) is 12.6. The molecule has 1 aromatic heterocycles. The summed E-state index contributed by atoms with van der Waals surface area (Å²) >= 11 is 0. The molecular formula is C19H29NO2Si. The van der Waals surface area contributed by atoms with E-state index in [0.29, 0.717) is 6.61 Å². The molecule has 0 saturated carbocycles. The highest BCUT2D eigenvalue weighted by Crippen LogP contribution is 2.36. The van der Waals surface area contributed by atoms with E-state index in [1.165, 1.54) is 0 Å². The van der Waals surface area contributed by atoms with Gasteiger partial charge in [0.25, 0.3) is 0 Å².